The molecule has 0 amide bonds. The second kappa shape index (κ2) is 5.58. The fraction of sp³-hybridized carbons (Fsp3) is 0.0909. The first kappa shape index (κ1) is 13.8. The highest BCUT2D eigenvalue weighted by atomic mass is 32.2. The number of aromatic amines is 1. The second-order valence-electron chi connectivity index (χ2n) is 3.61. The Morgan fingerprint density at radius 2 is 2.35 bits per heavy atom. The molecule has 9 heteroatoms. The number of benzene rings is 1. The molecule has 0 bridgehead atoms. The molecule has 0 spiro atoms. The Kier molecular flexibility index (Phi) is 3.86. The summed E-state index contributed by atoms with van der Waals surface area (Å²) in [6.45, 7) is 0. The van der Waals surface area contributed by atoms with Crippen LogP contribution in [0.2, 0.25) is 0 Å². The van der Waals surface area contributed by atoms with Crippen molar-refractivity contribution in [1.82, 2.24) is 14.8 Å². The molecule has 20 heavy (non-hydrogen) atoms. The topological polar surface area (TPSA) is 112 Å². The number of carbonyl (C=O) groups is 1. The third-order valence-corrected chi connectivity index (χ3v) is 3.21. The van der Waals surface area contributed by atoms with Crippen molar-refractivity contribution < 1.29 is 14.3 Å². The van der Waals surface area contributed by atoms with Gasteiger partial charge in [-0.15, -0.1) is 5.10 Å². The van der Waals surface area contributed by atoms with E-state index in [-0.39, 0.29) is 22.2 Å². The summed E-state index contributed by atoms with van der Waals surface area (Å²) < 4.78 is 14.8. The van der Waals surface area contributed by atoms with Crippen LogP contribution in [0.4, 0.5) is 4.39 Å². The minimum Gasteiger partial charge on any atom is -0.481 e. The molecule has 0 aliphatic carbocycles. The zero-order valence-electron chi connectivity index (χ0n) is 9.83. The molecule has 0 fully saturated rings. The molecule has 1 aromatic carbocycles. The van der Waals surface area contributed by atoms with Gasteiger partial charge >= 0.3 is 11.7 Å². The normalized spacial score (nSPS) is 10.2. The van der Waals surface area contributed by atoms with E-state index in [0.717, 1.165) is 22.4 Å². The summed E-state index contributed by atoms with van der Waals surface area (Å²) in [7, 11) is 0. The highest BCUT2D eigenvalue weighted by Gasteiger charge is 2.16. The molecule has 7 nitrogen and oxygen atoms in total. The van der Waals surface area contributed by atoms with Gasteiger partial charge in [-0.3, -0.25) is 4.79 Å². The first-order chi connectivity index (χ1) is 9.52. The van der Waals surface area contributed by atoms with E-state index < -0.39 is 17.5 Å². The first-order valence-electron chi connectivity index (χ1n) is 5.25. The van der Waals surface area contributed by atoms with Gasteiger partial charge in [0.1, 0.15) is 5.82 Å². The molecule has 102 valence electrons. The van der Waals surface area contributed by atoms with Crippen LogP contribution in [0.15, 0.2) is 28.2 Å². The number of H-pyrrole nitrogens is 1. The van der Waals surface area contributed by atoms with E-state index in [2.05, 4.69) is 10.2 Å². The van der Waals surface area contributed by atoms with Crippen LogP contribution in [-0.4, -0.2) is 31.6 Å². The number of halogens is 1. The van der Waals surface area contributed by atoms with Gasteiger partial charge in [0.15, 0.2) is 5.16 Å². The van der Waals surface area contributed by atoms with Crippen molar-refractivity contribution in [2.45, 2.75) is 5.16 Å². The van der Waals surface area contributed by atoms with E-state index in [1.165, 1.54) is 12.1 Å². The largest absolute Gasteiger partial charge is 0.481 e. The summed E-state index contributed by atoms with van der Waals surface area (Å²) in [4.78, 5) is 22.2. The molecule has 0 saturated heterocycles. The number of carboxylic acids is 1. The van der Waals surface area contributed by atoms with Crippen molar-refractivity contribution in [3.05, 3.63) is 40.1 Å². The van der Waals surface area contributed by atoms with Gasteiger partial charge in [0.25, 0.3) is 0 Å². The maximum atomic E-state index is 13.9. The molecule has 0 aliphatic heterocycles. The summed E-state index contributed by atoms with van der Waals surface area (Å²) in [5, 5.41) is 23.1. The van der Waals surface area contributed by atoms with Crippen LogP contribution in [0.3, 0.4) is 0 Å². The van der Waals surface area contributed by atoms with Crippen molar-refractivity contribution in [3.63, 3.8) is 0 Å². The molecule has 0 unspecified atom stereocenters. The summed E-state index contributed by atoms with van der Waals surface area (Å²) in [6, 6.07) is 5.37. The fourth-order valence-corrected chi connectivity index (χ4v) is 2.15. The van der Waals surface area contributed by atoms with E-state index in [1.54, 1.807) is 6.07 Å². The molecule has 2 N–H and O–H groups in total. The number of carboxylic acid groups (broad SMARTS) is 1. The van der Waals surface area contributed by atoms with Gasteiger partial charge in [0, 0.05) is 0 Å². The number of nitriles is 1. The predicted octanol–water partition coefficient (Wildman–Crippen LogP) is 0.748. The fourth-order valence-electron chi connectivity index (χ4n) is 1.48. The van der Waals surface area contributed by atoms with Gasteiger partial charge < -0.3 is 5.11 Å². The number of hydrogen-bond donors (Lipinski definition) is 2. The molecule has 0 radical (unpaired) electrons. The molecule has 0 aliphatic rings. The third kappa shape index (κ3) is 2.70. The summed E-state index contributed by atoms with van der Waals surface area (Å²) in [5.74, 6) is -2.18. The number of nitrogens with zero attached hydrogens (tertiary/aromatic N) is 3. The van der Waals surface area contributed by atoms with Gasteiger partial charge in [-0.25, -0.2) is 18.9 Å². The van der Waals surface area contributed by atoms with Gasteiger partial charge in [0.05, 0.1) is 23.1 Å². The van der Waals surface area contributed by atoms with Crippen LogP contribution in [0, 0.1) is 17.1 Å². The SMILES string of the molecule is N#Cc1ccc(-n2c(SCC(=O)O)n[nH]c2=O)c(F)c1. The molecule has 1 heterocycles. The quantitative estimate of drug-likeness (QED) is 0.805. The molecular formula is C11H7FN4O3S. The van der Waals surface area contributed by atoms with Crippen LogP contribution in [0.25, 0.3) is 5.69 Å². The number of rotatable bonds is 4. The van der Waals surface area contributed by atoms with Crippen LogP contribution in [0.1, 0.15) is 5.56 Å². The van der Waals surface area contributed by atoms with Crippen molar-refractivity contribution in [1.29, 1.82) is 5.26 Å². The van der Waals surface area contributed by atoms with E-state index >= 15 is 0 Å². The highest BCUT2D eigenvalue weighted by Crippen LogP contribution is 2.20. The second-order valence-corrected chi connectivity index (χ2v) is 4.55. The number of hydrogen-bond acceptors (Lipinski definition) is 5. The molecule has 2 rings (SSSR count). The monoisotopic (exact) mass is 294 g/mol. The summed E-state index contributed by atoms with van der Waals surface area (Å²) >= 11 is 0.779. The Balaban J connectivity index is 2.47. The van der Waals surface area contributed by atoms with Gasteiger partial charge in [-0.2, -0.15) is 5.26 Å². The van der Waals surface area contributed by atoms with Gasteiger partial charge in [-0.1, -0.05) is 11.8 Å². The van der Waals surface area contributed by atoms with Crippen LogP contribution < -0.4 is 5.69 Å². The number of aliphatic carboxylic acids is 1. The zero-order valence-corrected chi connectivity index (χ0v) is 10.6. The Labute approximate surface area is 115 Å². The smallest absolute Gasteiger partial charge is 0.348 e. The Morgan fingerprint density at radius 3 is 2.95 bits per heavy atom. The first-order valence-corrected chi connectivity index (χ1v) is 6.23. The molecular weight excluding hydrogens is 287 g/mol. The maximum Gasteiger partial charge on any atom is 0.348 e. The van der Waals surface area contributed by atoms with Crippen molar-refractivity contribution >= 4 is 17.7 Å². The molecule has 1 aromatic heterocycles. The Hall–Kier alpha value is -2.60. The van der Waals surface area contributed by atoms with Crippen LogP contribution >= 0.6 is 11.8 Å². The minimum absolute atomic E-state index is 0.0287. The number of nitrogens with one attached hydrogen (secondary N) is 1. The van der Waals surface area contributed by atoms with Crippen molar-refractivity contribution in [2.24, 2.45) is 0 Å². The van der Waals surface area contributed by atoms with Crippen molar-refractivity contribution in [3.8, 4) is 11.8 Å². The standard InChI is InChI=1S/C11H7FN4O3S/c12-7-3-6(4-13)1-2-8(7)16-10(19)14-15-11(16)20-5-9(17)18/h1-3H,5H2,(H,14,19)(H,17,18). The Morgan fingerprint density at radius 1 is 1.60 bits per heavy atom. The van der Waals surface area contributed by atoms with Gasteiger partial charge in [-0.05, 0) is 18.2 Å². The average molecular weight is 294 g/mol. The lowest BCUT2D eigenvalue weighted by Crippen LogP contribution is -2.17. The molecule has 0 saturated carbocycles. The van der Waals surface area contributed by atoms with E-state index in [4.69, 9.17) is 10.4 Å². The van der Waals surface area contributed by atoms with Crippen LogP contribution in [-0.2, 0) is 4.79 Å². The number of aromatic nitrogens is 3. The summed E-state index contributed by atoms with van der Waals surface area (Å²) in [5.41, 5.74) is -0.681. The van der Waals surface area contributed by atoms with E-state index in [9.17, 15) is 14.0 Å². The minimum atomic E-state index is -1.09. The summed E-state index contributed by atoms with van der Waals surface area (Å²) in [6.07, 6.45) is 0. The molecule has 0 atom stereocenters. The van der Waals surface area contributed by atoms with Crippen LogP contribution in [0.5, 0.6) is 0 Å². The van der Waals surface area contributed by atoms with E-state index in [1.807, 2.05) is 0 Å². The highest BCUT2D eigenvalue weighted by molar-refractivity contribution is 7.99. The van der Waals surface area contributed by atoms with E-state index in [0.29, 0.717) is 0 Å². The Bertz CT molecular complexity index is 762. The number of thioether (sulfide) groups is 1. The lowest BCUT2D eigenvalue weighted by Gasteiger charge is -2.05. The predicted molar refractivity (Wildman–Crippen MR) is 67.2 cm³/mol. The third-order valence-electron chi connectivity index (χ3n) is 2.28. The lowest BCUT2D eigenvalue weighted by atomic mass is 10.2. The zero-order chi connectivity index (χ0) is 14.7. The average Bonchev–Trinajstić information content (AvgIpc) is 2.77. The van der Waals surface area contributed by atoms with Crippen molar-refractivity contribution in [2.75, 3.05) is 5.75 Å². The lowest BCUT2D eigenvalue weighted by molar-refractivity contribution is -0.133. The molecule has 2 aromatic rings. The van der Waals surface area contributed by atoms with Gasteiger partial charge in [0.2, 0.25) is 0 Å². The maximum absolute atomic E-state index is 13.9.